The van der Waals surface area contributed by atoms with E-state index in [2.05, 4.69) is 10.1 Å². The van der Waals surface area contributed by atoms with Crippen LogP contribution in [-0.2, 0) is 11.2 Å². The van der Waals surface area contributed by atoms with Crippen molar-refractivity contribution < 1.29 is 22.5 Å². The van der Waals surface area contributed by atoms with Crippen LogP contribution in [0.1, 0.15) is 23.4 Å². The van der Waals surface area contributed by atoms with E-state index < -0.39 is 18.6 Å². The van der Waals surface area contributed by atoms with E-state index in [-0.39, 0.29) is 18.7 Å². The summed E-state index contributed by atoms with van der Waals surface area (Å²) >= 11 is 0. The van der Waals surface area contributed by atoms with Crippen molar-refractivity contribution in [1.82, 2.24) is 10.1 Å². The Morgan fingerprint density at radius 2 is 2.04 bits per heavy atom. The third kappa shape index (κ3) is 4.54. The van der Waals surface area contributed by atoms with Crippen molar-refractivity contribution in [3.05, 3.63) is 41.4 Å². The molecular weight excluding hydrogens is 311 g/mol. The number of rotatable bonds is 5. The molecule has 0 saturated carbocycles. The minimum atomic E-state index is -4.50. The fourth-order valence-electron chi connectivity index (χ4n) is 2.22. The van der Waals surface area contributed by atoms with E-state index in [1.54, 1.807) is 19.9 Å². The van der Waals surface area contributed by atoms with E-state index in [1.165, 1.54) is 18.3 Å². The number of alkyl halides is 3. The molecule has 2 aromatic heterocycles. The maximum atomic E-state index is 12.7. The maximum absolute atomic E-state index is 12.7. The van der Waals surface area contributed by atoms with Crippen LogP contribution < -0.4 is 4.90 Å². The number of aryl methyl sites for hydroxylation is 2. The molecule has 0 N–H and O–H groups in total. The third-order valence-electron chi connectivity index (χ3n) is 3.33. The highest BCUT2D eigenvalue weighted by Crippen LogP contribution is 2.22. The number of pyridine rings is 1. The normalized spacial score (nSPS) is 11.5. The Morgan fingerprint density at radius 1 is 1.30 bits per heavy atom. The van der Waals surface area contributed by atoms with Gasteiger partial charge in [-0.1, -0.05) is 11.2 Å². The lowest BCUT2D eigenvalue weighted by atomic mass is 10.1. The molecule has 2 heterocycles. The first-order valence-electron chi connectivity index (χ1n) is 6.98. The van der Waals surface area contributed by atoms with Crippen molar-refractivity contribution in [1.29, 1.82) is 0 Å². The summed E-state index contributed by atoms with van der Waals surface area (Å²) in [5.74, 6) is -0.106. The molecule has 2 rings (SSSR count). The SMILES string of the molecule is Cc1noc(C)c1CCC(=O)N(CC(F)(F)F)c1ccccn1. The third-order valence-corrected chi connectivity index (χ3v) is 3.33. The van der Waals surface area contributed by atoms with Gasteiger partial charge in [-0.3, -0.25) is 9.69 Å². The first-order chi connectivity index (χ1) is 10.8. The number of carbonyl (C=O) groups excluding carboxylic acids is 1. The monoisotopic (exact) mass is 327 g/mol. The molecular formula is C15H16F3N3O2. The fourth-order valence-corrected chi connectivity index (χ4v) is 2.22. The van der Waals surface area contributed by atoms with E-state index in [9.17, 15) is 18.0 Å². The molecule has 23 heavy (non-hydrogen) atoms. The molecule has 0 saturated heterocycles. The molecule has 0 unspecified atom stereocenters. The molecule has 0 aliphatic heterocycles. The van der Waals surface area contributed by atoms with Crippen LogP contribution in [0.25, 0.3) is 0 Å². The summed E-state index contributed by atoms with van der Waals surface area (Å²) in [5, 5.41) is 3.76. The Hall–Kier alpha value is -2.38. The highest BCUT2D eigenvalue weighted by Gasteiger charge is 2.34. The average Bonchev–Trinajstić information content (AvgIpc) is 2.81. The largest absolute Gasteiger partial charge is 0.406 e. The number of hydrogen-bond acceptors (Lipinski definition) is 4. The molecule has 0 aromatic carbocycles. The zero-order valence-electron chi connectivity index (χ0n) is 12.7. The lowest BCUT2D eigenvalue weighted by Gasteiger charge is -2.23. The fraction of sp³-hybridized carbons (Fsp3) is 0.400. The molecule has 8 heteroatoms. The number of amides is 1. The van der Waals surface area contributed by atoms with Gasteiger partial charge in [0.25, 0.3) is 0 Å². The zero-order valence-corrected chi connectivity index (χ0v) is 12.7. The summed E-state index contributed by atoms with van der Waals surface area (Å²) in [4.78, 5) is 16.8. The summed E-state index contributed by atoms with van der Waals surface area (Å²) in [5.41, 5.74) is 1.38. The smallest absolute Gasteiger partial charge is 0.361 e. The molecule has 0 fully saturated rings. The number of aromatic nitrogens is 2. The molecule has 5 nitrogen and oxygen atoms in total. The summed E-state index contributed by atoms with van der Waals surface area (Å²) < 4.78 is 43.2. The van der Waals surface area contributed by atoms with Gasteiger partial charge in [0.05, 0.1) is 5.69 Å². The summed E-state index contributed by atoms with van der Waals surface area (Å²) in [6, 6.07) is 4.48. The summed E-state index contributed by atoms with van der Waals surface area (Å²) in [7, 11) is 0. The lowest BCUT2D eigenvalue weighted by Crippen LogP contribution is -2.39. The second kappa shape index (κ2) is 6.80. The van der Waals surface area contributed by atoms with Crippen LogP contribution in [0.15, 0.2) is 28.9 Å². The Bertz CT molecular complexity index is 649. The van der Waals surface area contributed by atoms with Gasteiger partial charge in [0.2, 0.25) is 5.91 Å². The highest BCUT2D eigenvalue weighted by molar-refractivity contribution is 5.92. The minimum absolute atomic E-state index is 0.0198. The Morgan fingerprint density at radius 3 is 2.57 bits per heavy atom. The standard InChI is InChI=1S/C15H16F3N3O2/c1-10-12(11(2)23-20-10)6-7-14(22)21(9-15(16,17)18)13-5-3-4-8-19-13/h3-5,8H,6-7,9H2,1-2H3. The minimum Gasteiger partial charge on any atom is -0.361 e. The Balaban J connectivity index is 2.14. The predicted octanol–water partition coefficient (Wildman–Crippen LogP) is 3.21. The Kier molecular flexibility index (Phi) is 5.02. The first kappa shape index (κ1) is 17.0. The molecule has 0 bridgehead atoms. The average molecular weight is 327 g/mol. The van der Waals surface area contributed by atoms with E-state index in [0.29, 0.717) is 16.4 Å². The van der Waals surface area contributed by atoms with Crippen LogP contribution in [0.2, 0.25) is 0 Å². The van der Waals surface area contributed by atoms with Crippen LogP contribution in [0.5, 0.6) is 0 Å². The van der Waals surface area contributed by atoms with Gasteiger partial charge in [-0.25, -0.2) is 4.98 Å². The van der Waals surface area contributed by atoms with E-state index in [0.717, 1.165) is 5.56 Å². The van der Waals surface area contributed by atoms with Crippen LogP contribution in [-0.4, -0.2) is 28.8 Å². The zero-order chi connectivity index (χ0) is 17.0. The van der Waals surface area contributed by atoms with Gasteiger partial charge < -0.3 is 4.52 Å². The van der Waals surface area contributed by atoms with Crippen molar-refractivity contribution in [2.45, 2.75) is 32.9 Å². The van der Waals surface area contributed by atoms with Crippen LogP contribution in [0, 0.1) is 13.8 Å². The van der Waals surface area contributed by atoms with Gasteiger partial charge >= 0.3 is 6.18 Å². The van der Waals surface area contributed by atoms with Gasteiger partial charge in [0.15, 0.2) is 0 Å². The van der Waals surface area contributed by atoms with Crippen LogP contribution in [0.4, 0.5) is 19.0 Å². The van der Waals surface area contributed by atoms with Crippen molar-refractivity contribution in [3.8, 4) is 0 Å². The predicted molar refractivity (Wildman–Crippen MR) is 76.9 cm³/mol. The topological polar surface area (TPSA) is 59.2 Å². The number of halogens is 3. The lowest BCUT2D eigenvalue weighted by molar-refractivity contribution is -0.132. The van der Waals surface area contributed by atoms with Crippen LogP contribution in [0.3, 0.4) is 0 Å². The van der Waals surface area contributed by atoms with E-state index >= 15 is 0 Å². The molecule has 0 aliphatic carbocycles. The van der Waals surface area contributed by atoms with Gasteiger partial charge in [-0.15, -0.1) is 0 Å². The van der Waals surface area contributed by atoms with Gasteiger partial charge in [0, 0.05) is 18.2 Å². The molecule has 2 aromatic rings. The number of hydrogen-bond donors (Lipinski definition) is 0. The van der Waals surface area contributed by atoms with Gasteiger partial charge in [-0.05, 0) is 32.4 Å². The maximum Gasteiger partial charge on any atom is 0.406 e. The van der Waals surface area contributed by atoms with E-state index in [4.69, 9.17) is 4.52 Å². The molecule has 1 amide bonds. The van der Waals surface area contributed by atoms with Crippen molar-refractivity contribution in [3.63, 3.8) is 0 Å². The van der Waals surface area contributed by atoms with Crippen LogP contribution >= 0.6 is 0 Å². The number of carbonyl (C=O) groups is 1. The molecule has 0 aliphatic rings. The van der Waals surface area contributed by atoms with Gasteiger partial charge in [0.1, 0.15) is 18.1 Å². The molecule has 124 valence electrons. The van der Waals surface area contributed by atoms with E-state index in [1.807, 2.05) is 0 Å². The van der Waals surface area contributed by atoms with Crippen molar-refractivity contribution >= 4 is 11.7 Å². The quantitative estimate of drug-likeness (QED) is 0.846. The number of anilines is 1. The first-order valence-corrected chi connectivity index (χ1v) is 6.98. The van der Waals surface area contributed by atoms with Crippen molar-refractivity contribution in [2.24, 2.45) is 0 Å². The second-order valence-corrected chi connectivity index (χ2v) is 5.09. The summed E-state index contributed by atoms with van der Waals surface area (Å²) in [6.45, 7) is 2.05. The van der Waals surface area contributed by atoms with Crippen molar-refractivity contribution in [2.75, 3.05) is 11.4 Å². The number of nitrogens with zero attached hydrogens (tertiary/aromatic N) is 3. The summed E-state index contributed by atoms with van der Waals surface area (Å²) in [6.07, 6.45) is -2.98. The molecule has 0 spiro atoms. The molecule has 0 atom stereocenters. The second-order valence-electron chi connectivity index (χ2n) is 5.09. The highest BCUT2D eigenvalue weighted by atomic mass is 19.4. The van der Waals surface area contributed by atoms with Gasteiger partial charge in [-0.2, -0.15) is 13.2 Å². The molecule has 0 radical (unpaired) electrons. The Labute approximate surface area is 131 Å².